The normalized spacial score (nSPS) is 12.8. The average Bonchev–Trinajstić information content (AvgIpc) is 2.35. The second kappa shape index (κ2) is 6.79. The van der Waals surface area contributed by atoms with Gasteiger partial charge >= 0.3 is 5.97 Å². The van der Waals surface area contributed by atoms with E-state index in [4.69, 9.17) is 5.11 Å². The van der Waals surface area contributed by atoms with Gasteiger partial charge in [-0.15, -0.1) is 11.8 Å². The molecule has 0 heterocycles. The summed E-state index contributed by atoms with van der Waals surface area (Å²) in [5.41, 5.74) is 1.41. The van der Waals surface area contributed by atoms with Crippen molar-refractivity contribution >= 4 is 29.3 Å². The lowest BCUT2D eigenvalue weighted by atomic mass is 10.0. The maximum atomic E-state index is 11.8. The second-order valence-corrected chi connectivity index (χ2v) is 7.43. The number of amides is 1. The van der Waals surface area contributed by atoms with E-state index in [1.165, 1.54) is 0 Å². The summed E-state index contributed by atoms with van der Waals surface area (Å²) in [4.78, 5) is 22.6. The monoisotopic (exact) mass is 295 g/mol. The van der Waals surface area contributed by atoms with Crippen molar-refractivity contribution < 1.29 is 14.7 Å². The number of aliphatic carboxylic acids is 1. The van der Waals surface area contributed by atoms with Gasteiger partial charge in [-0.2, -0.15) is 0 Å². The predicted molar refractivity (Wildman–Crippen MR) is 83.3 cm³/mol. The van der Waals surface area contributed by atoms with E-state index in [0.717, 1.165) is 5.56 Å². The molecule has 110 valence electrons. The van der Waals surface area contributed by atoms with Gasteiger partial charge in [0, 0.05) is 10.4 Å². The SMILES string of the molecule is CC(C(=O)O)c1ccc(NC(=O)CSC(C)(C)C)cc1. The van der Waals surface area contributed by atoms with Gasteiger partial charge < -0.3 is 10.4 Å². The summed E-state index contributed by atoms with van der Waals surface area (Å²) in [6, 6.07) is 6.92. The maximum Gasteiger partial charge on any atom is 0.310 e. The molecule has 1 rings (SSSR count). The number of carbonyl (C=O) groups excluding carboxylic acids is 1. The van der Waals surface area contributed by atoms with Crippen molar-refractivity contribution in [3.8, 4) is 0 Å². The molecule has 1 atom stereocenters. The Hall–Kier alpha value is -1.49. The van der Waals surface area contributed by atoms with Gasteiger partial charge in [0.2, 0.25) is 5.91 Å². The molecule has 5 heteroatoms. The van der Waals surface area contributed by atoms with E-state index in [9.17, 15) is 9.59 Å². The van der Waals surface area contributed by atoms with Crippen LogP contribution in [0.5, 0.6) is 0 Å². The number of thioether (sulfide) groups is 1. The van der Waals surface area contributed by atoms with E-state index in [1.807, 2.05) is 0 Å². The van der Waals surface area contributed by atoms with Gasteiger partial charge in [0.05, 0.1) is 11.7 Å². The summed E-state index contributed by atoms with van der Waals surface area (Å²) in [7, 11) is 0. The number of carboxylic acid groups (broad SMARTS) is 1. The fourth-order valence-electron chi connectivity index (χ4n) is 1.48. The van der Waals surface area contributed by atoms with Crippen LogP contribution in [-0.4, -0.2) is 27.5 Å². The molecule has 2 N–H and O–H groups in total. The molecule has 0 spiro atoms. The zero-order chi connectivity index (χ0) is 15.3. The van der Waals surface area contributed by atoms with Crippen LogP contribution in [0.2, 0.25) is 0 Å². The number of hydrogen-bond donors (Lipinski definition) is 2. The van der Waals surface area contributed by atoms with Crippen LogP contribution >= 0.6 is 11.8 Å². The Labute approximate surface area is 124 Å². The molecule has 0 fully saturated rings. The van der Waals surface area contributed by atoms with Crippen LogP contribution in [-0.2, 0) is 9.59 Å². The number of benzene rings is 1. The molecule has 0 aliphatic carbocycles. The van der Waals surface area contributed by atoms with E-state index in [1.54, 1.807) is 43.0 Å². The van der Waals surface area contributed by atoms with E-state index in [-0.39, 0.29) is 10.7 Å². The van der Waals surface area contributed by atoms with E-state index < -0.39 is 11.9 Å². The first-order valence-corrected chi connectivity index (χ1v) is 7.44. The summed E-state index contributed by atoms with van der Waals surface area (Å²) < 4.78 is 0.0537. The number of nitrogens with one attached hydrogen (secondary N) is 1. The molecular formula is C15H21NO3S. The molecule has 0 aliphatic rings. The molecule has 20 heavy (non-hydrogen) atoms. The molecule has 1 unspecified atom stereocenters. The topological polar surface area (TPSA) is 66.4 Å². The lowest BCUT2D eigenvalue weighted by Gasteiger charge is -2.17. The predicted octanol–water partition coefficient (Wildman–Crippen LogP) is 3.34. The van der Waals surface area contributed by atoms with Crippen LogP contribution in [0, 0.1) is 0 Å². The first kappa shape index (κ1) is 16.6. The Balaban J connectivity index is 2.57. The van der Waals surface area contributed by atoms with Gasteiger partial charge in [0.1, 0.15) is 0 Å². The Morgan fingerprint density at radius 3 is 2.25 bits per heavy atom. The Kier molecular flexibility index (Phi) is 5.62. The number of carboxylic acids is 1. The fourth-order valence-corrected chi connectivity index (χ4v) is 2.11. The molecule has 0 aliphatic heterocycles. The number of rotatable bonds is 5. The Morgan fingerprint density at radius 1 is 1.25 bits per heavy atom. The van der Waals surface area contributed by atoms with Crippen LogP contribution < -0.4 is 5.32 Å². The minimum absolute atomic E-state index is 0.0519. The highest BCUT2D eigenvalue weighted by atomic mass is 32.2. The van der Waals surface area contributed by atoms with Crippen LogP contribution in [0.25, 0.3) is 0 Å². The fraction of sp³-hybridized carbons (Fsp3) is 0.467. The van der Waals surface area contributed by atoms with Crippen molar-refractivity contribution in [2.75, 3.05) is 11.1 Å². The highest BCUT2D eigenvalue weighted by Gasteiger charge is 2.15. The van der Waals surface area contributed by atoms with Crippen molar-refractivity contribution in [3.63, 3.8) is 0 Å². The smallest absolute Gasteiger partial charge is 0.310 e. The molecule has 0 bridgehead atoms. The number of anilines is 1. The highest BCUT2D eigenvalue weighted by Crippen LogP contribution is 2.23. The summed E-state index contributed by atoms with van der Waals surface area (Å²) in [5.74, 6) is -1.06. The van der Waals surface area contributed by atoms with Crippen molar-refractivity contribution in [3.05, 3.63) is 29.8 Å². The van der Waals surface area contributed by atoms with Crippen LogP contribution in [0.3, 0.4) is 0 Å². The summed E-state index contributed by atoms with van der Waals surface area (Å²) in [5, 5.41) is 11.7. The van der Waals surface area contributed by atoms with Crippen molar-refractivity contribution in [1.82, 2.24) is 0 Å². The lowest BCUT2D eigenvalue weighted by molar-refractivity contribution is -0.138. The molecule has 0 radical (unpaired) electrons. The van der Waals surface area contributed by atoms with Gasteiger partial charge in [-0.25, -0.2) is 0 Å². The maximum absolute atomic E-state index is 11.8. The van der Waals surface area contributed by atoms with Crippen molar-refractivity contribution in [2.45, 2.75) is 38.4 Å². The quantitative estimate of drug-likeness (QED) is 0.874. The first-order chi connectivity index (χ1) is 9.19. The van der Waals surface area contributed by atoms with E-state index >= 15 is 0 Å². The Bertz CT molecular complexity index is 477. The summed E-state index contributed by atoms with van der Waals surface area (Å²) >= 11 is 1.58. The van der Waals surface area contributed by atoms with Gasteiger partial charge in [-0.3, -0.25) is 9.59 Å². The lowest BCUT2D eigenvalue weighted by Crippen LogP contribution is -2.19. The molecule has 0 saturated heterocycles. The molecule has 1 aromatic rings. The highest BCUT2D eigenvalue weighted by molar-refractivity contribution is 8.01. The number of hydrogen-bond acceptors (Lipinski definition) is 3. The largest absolute Gasteiger partial charge is 0.481 e. The minimum Gasteiger partial charge on any atom is -0.481 e. The second-order valence-electron chi connectivity index (χ2n) is 5.63. The van der Waals surface area contributed by atoms with Gasteiger partial charge in [0.25, 0.3) is 0 Å². The van der Waals surface area contributed by atoms with Gasteiger partial charge in [-0.05, 0) is 24.6 Å². The van der Waals surface area contributed by atoms with Crippen LogP contribution in [0.1, 0.15) is 39.2 Å². The zero-order valence-electron chi connectivity index (χ0n) is 12.3. The molecule has 0 aromatic heterocycles. The first-order valence-electron chi connectivity index (χ1n) is 6.45. The number of carbonyl (C=O) groups is 2. The minimum atomic E-state index is -0.858. The molecule has 1 amide bonds. The van der Waals surface area contributed by atoms with Crippen LogP contribution in [0.15, 0.2) is 24.3 Å². The third-order valence-electron chi connectivity index (χ3n) is 2.70. The van der Waals surface area contributed by atoms with Crippen molar-refractivity contribution in [2.24, 2.45) is 0 Å². The van der Waals surface area contributed by atoms with Crippen molar-refractivity contribution in [1.29, 1.82) is 0 Å². The van der Waals surface area contributed by atoms with Crippen LogP contribution in [0.4, 0.5) is 5.69 Å². The summed E-state index contributed by atoms with van der Waals surface area (Å²) in [6.45, 7) is 7.82. The standard InChI is InChI=1S/C15H21NO3S/c1-10(14(18)19)11-5-7-12(8-6-11)16-13(17)9-20-15(2,3)4/h5-8,10H,9H2,1-4H3,(H,16,17)(H,18,19). The Morgan fingerprint density at radius 2 is 1.80 bits per heavy atom. The third kappa shape index (κ3) is 5.65. The van der Waals surface area contributed by atoms with Gasteiger partial charge in [-0.1, -0.05) is 32.9 Å². The van der Waals surface area contributed by atoms with Gasteiger partial charge in [0.15, 0.2) is 0 Å². The zero-order valence-corrected chi connectivity index (χ0v) is 13.1. The molecular weight excluding hydrogens is 274 g/mol. The van der Waals surface area contributed by atoms with E-state index in [2.05, 4.69) is 26.1 Å². The third-order valence-corrected chi connectivity index (χ3v) is 3.97. The van der Waals surface area contributed by atoms with E-state index in [0.29, 0.717) is 11.4 Å². The average molecular weight is 295 g/mol. The summed E-state index contributed by atoms with van der Waals surface area (Å²) in [6.07, 6.45) is 0. The molecule has 4 nitrogen and oxygen atoms in total. The molecule has 0 saturated carbocycles. The molecule has 1 aromatic carbocycles.